The van der Waals surface area contributed by atoms with Gasteiger partial charge in [0.05, 0.1) is 37.3 Å². The Kier molecular flexibility index (Phi) is 5.36. The lowest BCUT2D eigenvalue weighted by Crippen LogP contribution is -2.29. The van der Waals surface area contributed by atoms with Gasteiger partial charge in [-0.15, -0.1) is 0 Å². The Balaban J connectivity index is 1.96. The van der Waals surface area contributed by atoms with Crippen molar-refractivity contribution < 1.29 is 33.7 Å². The first-order valence-electron chi connectivity index (χ1n) is 9.73. The van der Waals surface area contributed by atoms with Crippen molar-refractivity contribution >= 4 is 23.1 Å². The van der Waals surface area contributed by atoms with Gasteiger partial charge in [0, 0.05) is 6.07 Å². The van der Waals surface area contributed by atoms with E-state index in [9.17, 15) is 19.8 Å². The highest BCUT2D eigenvalue weighted by atomic mass is 16.5. The van der Waals surface area contributed by atoms with E-state index in [2.05, 4.69) is 0 Å². The van der Waals surface area contributed by atoms with Gasteiger partial charge in [-0.05, 0) is 48.9 Å². The summed E-state index contributed by atoms with van der Waals surface area (Å²) in [7, 11) is 2.91. The zero-order valence-electron chi connectivity index (χ0n) is 17.7. The molecule has 164 valence electrons. The fraction of sp³-hybridized carbons (Fsp3) is 0.167. The predicted octanol–water partition coefficient (Wildman–Crippen LogP) is 3.94. The van der Waals surface area contributed by atoms with Crippen molar-refractivity contribution in [3.05, 3.63) is 77.3 Å². The molecule has 2 aromatic carbocycles. The number of hydrogen-bond donors (Lipinski definition) is 2. The smallest absolute Gasteiger partial charge is 0.300 e. The summed E-state index contributed by atoms with van der Waals surface area (Å²) in [4.78, 5) is 27.4. The summed E-state index contributed by atoms with van der Waals surface area (Å²) in [5.41, 5.74) is 0.926. The highest BCUT2D eigenvalue weighted by molar-refractivity contribution is 6.51. The first kappa shape index (κ1) is 21.0. The average molecular weight is 435 g/mol. The molecule has 1 fully saturated rings. The molecule has 32 heavy (non-hydrogen) atoms. The van der Waals surface area contributed by atoms with E-state index in [0.29, 0.717) is 5.75 Å². The number of carbonyl (C=O) groups is 2. The minimum atomic E-state index is -1.09. The lowest BCUT2D eigenvalue weighted by Gasteiger charge is -2.24. The Bertz CT molecular complexity index is 1230. The lowest BCUT2D eigenvalue weighted by atomic mass is 9.98. The van der Waals surface area contributed by atoms with Gasteiger partial charge in [0.2, 0.25) is 0 Å². The predicted molar refractivity (Wildman–Crippen MR) is 116 cm³/mol. The molecule has 0 bridgehead atoms. The molecule has 2 heterocycles. The van der Waals surface area contributed by atoms with Crippen LogP contribution in [0.25, 0.3) is 5.76 Å². The summed E-state index contributed by atoms with van der Waals surface area (Å²) in [6.07, 6.45) is 1.40. The average Bonchev–Trinajstić information content (AvgIpc) is 3.41. The number of ketones is 1. The summed E-state index contributed by atoms with van der Waals surface area (Å²) in [6, 6.07) is 11.5. The van der Waals surface area contributed by atoms with Gasteiger partial charge in [-0.25, -0.2) is 0 Å². The summed E-state index contributed by atoms with van der Waals surface area (Å²) < 4.78 is 16.1. The maximum atomic E-state index is 13.1. The SMILES string of the molecule is COc1ccc(/C(O)=C2/C(=O)C(=O)N(c3cc(C)ccc3O)C2c2ccco2)c(OC)c1. The molecule has 1 aliphatic heterocycles. The van der Waals surface area contributed by atoms with E-state index in [1.54, 1.807) is 43.3 Å². The van der Waals surface area contributed by atoms with Crippen LogP contribution in [0.15, 0.2) is 64.8 Å². The highest BCUT2D eigenvalue weighted by Gasteiger charge is 2.49. The molecule has 2 N–H and O–H groups in total. The highest BCUT2D eigenvalue weighted by Crippen LogP contribution is 2.46. The standard InChI is InChI=1S/C24H21NO7/c1-13-6-9-17(26)16(11-13)25-21(18-5-4-10-32-18)20(23(28)24(25)29)22(27)15-8-7-14(30-2)12-19(15)31-3/h4-12,21,26-27H,1-3H3/b22-20-. The number of Topliss-reactive ketones (excluding diaryl/α,β-unsaturated/α-hetero) is 1. The molecular weight excluding hydrogens is 414 g/mol. The first-order chi connectivity index (χ1) is 15.4. The number of anilines is 1. The topological polar surface area (TPSA) is 109 Å². The molecule has 0 aliphatic carbocycles. The number of aryl methyl sites for hydroxylation is 1. The number of aliphatic hydroxyl groups is 1. The van der Waals surface area contributed by atoms with E-state index < -0.39 is 23.5 Å². The lowest BCUT2D eigenvalue weighted by molar-refractivity contribution is -0.132. The van der Waals surface area contributed by atoms with E-state index in [-0.39, 0.29) is 34.1 Å². The Morgan fingerprint density at radius 1 is 1.06 bits per heavy atom. The van der Waals surface area contributed by atoms with Crippen molar-refractivity contribution in [1.82, 2.24) is 0 Å². The number of rotatable bonds is 5. The number of methoxy groups -OCH3 is 2. The fourth-order valence-electron chi connectivity index (χ4n) is 3.76. The zero-order valence-corrected chi connectivity index (χ0v) is 17.7. The van der Waals surface area contributed by atoms with Crippen LogP contribution in [-0.2, 0) is 9.59 Å². The van der Waals surface area contributed by atoms with Crippen LogP contribution in [-0.4, -0.2) is 36.1 Å². The van der Waals surface area contributed by atoms with Crippen LogP contribution < -0.4 is 14.4 Å². The van der Waals surface area contributed by atoms with Crippen LogP contribution in [0.2, 0.25) is 0 Å². The zero-order chi connectivity index (χ0) is 23.0. The van der Waals surface area contributed by atoms with E-state index in [1.807, 2.05) is 0 Å². The van der Waals surface area contributed by atoms with Gasteiger partial charge in [0.25, 0.3) is 11.7 Å². The molecule has 1 atom stereocenters. The number of aliphatic hydroxyl groups excluding tert-OH is 1. The van der Waals surface area contributed by atoms with Crippen LogP contribution in [0.1, 0.15) is 22.9 Å². The molecule has 8 nitrogen and oxygen atoms in total. The summed E-state index contributed by atoms with van der Waals surface area (Å²) in [5, 5.41) is 21.6. The Hall–Kier alpha value is -4.20. The largest absolute Gasteiger partial charge is 0.507 e. The summed E-state index contributed by atoms with van der Waals surface area (Å²) in [6.45, 7) is 1.80. The number of carbonyl (C=O) groups excluding carboxylic acids is 2. The Labute approximate surface area is 183 Å². The van der Waals surface area contributed by atoms with Gasteiger partial charge in [0.1, 0.15) is 34.8 Å². The third-order valence-electron chi connectivity index (χ3n) is 5.31. The second kappa shape index (κ2) is 8.14. The normalized spacial score (nSPS) is 17.6. The van der Waals surface area contributed by atoms with Crippen molar-refractivity contribution in [2.24, 2.45) is 0 Å². The molecule has 1 aliphatic rings. The molecule has 1 saturated heterocycles. The van der Waals surface area contributed by atoms with Gasteiger partial charge in [0.15, 0.2) is 0 Å². The molecular formula is C24H21NO7. The Morgan fingerprint density at radius 2 is 1.84 bits per heavy atom. The van der Waals surface area contributed by atoms with E-state index in [0.717, 1.165) is 10.5 Å². The quantitative estimate of drug-likeness (QED) is 0.355. The van der Waals surface area contributed by atoms with Gasteiger partial charge in [-0.2, -0.15) is 0 Å². The molecule has 0 spiro atoms. The van der Waals surface area contributed by atoms with Crippen LogP contribution in [0, 0.1) is 6.92 Å². The minimum Gasteiger partial charge on any atom is -0.507 e. The monoisotopic (exact) mass is 435 g/mol. The second-order valence-electron chi connectivity index (χ2n) is 7.24. The van der Waals surface area contributed by atoms with Crippen LogP contribution in [0.4, 0.5) is 5.69 Å². The summed E-state index contributed by atoms with van der Waals surface area (Å²) in [5.74, 6) is -1.44. The van der Waals surface area contributed by atoms with Crippen molar-refractivity contribution in [1.29, 1.82) is 0 Å². The number of amides is 1. The molecule has 3 aromatic rings. The van der Waals surface area contributed by atoms with E-state index >= 15 is 0 Å². The fourth-order valence-corrected chi connectivity index (χ4v) is 3.76. The third-order valence-corrected chi connectivity index (χ3v) is 5.31. The molecule has 1 unspecified atom stereocenters. The number of aromatic hydroxyl groups is 1. The van der Waals surface area contributed by atoms with E-state index in [1.165, 1.54) is 32.6 Å². The van der Waals surface area contributed by atoms with Crippen molar-refractivity contribution in [2.75, 3.05) is 19.1 Å². The van der Waals surface area contributed by atoms with Gasteiger partial charge in [-0.1, -0.05) is 6.07 Å². The van der Waals surface area contributed by atoms with Crippen molar-refractivity contribution in [2.45, 2.75) is 13.0 Å². The number of phenols is 1. The Morgan fingerprint density at radius 3 is 2.50 bits per heavy atom. The number of furan rings is 1. The molecule has 1 aromatic heterocycles. The number of nitrogens with zero attached hydrogens (tertiary/aromatic N) is 1. The van der Waals surface area contributed by atoms with Gasteiger partial charge >= 0.3 is 0 Å². The number of phenolic OH excluding ortho intramolecular Hbond substituents is 1. The van der Waals surface area contributed by atoms with Crippen LogP contribution in [0.5, 0.6) is 17.2 Å². The van der Waals surface area contributed by atoms with Crippen LogP contribution in [0.3, 0.4) is 0 Å². The van der Waals surface area contributed by atoms with E-state index in [4.69, 9.17) is 13.9 Å². The maximum absolute atomic E-state index is 13.1. The molecule has 0 saturated carbocycles. The summed E-state index contributed by atoms with van der Waals surface area (Å²) >= 11 is 0. The maximum Gasteiger partial charge on any atom is 0.300 e. The van der Waals surface area contributed by atoms with Crippen molar-refractivity contribution in [3.8, 4) is 17.2 Å². The molecule has 4 rings (SSSR count). The molecule has 0 radical (unpaired) electrons. The second-order valence-corrected chi connectivity index (χ2v) is 7.24. The number of hydrogen-bond acceptors (Lipinski definition) is 7. The molecule has 1 amide bonds. The third kappa shape index (κ3) is 3.35. The van der Waals surface area contributed by atoms with Gasteiger partial charge in [-0.3, -0.25) is 14.5 Å². The van der Waals surface area contributed by atoms with Crippen molar-refractivity contribution in [3.63, 3.8) is 0 Å². The van der Waals surface area contributed by atoms with Gasteiger partial charge < -0.3 is 24.1 Å². The first-order valence-corrected chi connectivity index (χ1v) is 9.73. The molecule has 8 heteroatoms. The van der Waals surface area contributed by atoms with Crippen LogP contribution >= 0.6 is 0 Å². The number of benzene rings is 2. The minimum absolute atomic E-state index is 0.134. The number of ether oxygens (including phenoxy) is 2.